The van der Waals surface area contributed by atoms with Gasteiger partial charge >= 0.3 is 0 Å². The van der Waals surface area contributed by atoms with Gasteiger partial charge in [0.1, 0.15) is 0 Å². The number of hydrogen-bond acceptors (Lipinski definition) is 4. The summed E-state index contributed by atoms with van der Waals surface area (Å²) in [5, 5.41) is 2.89. The van der Waals surface area contributed by atoms with Crippen molar-refractivity contribution in [2.75, 3.05) is 32.9 Å². The van der Waals surface area contributed by atoms with Crippen LogP contribution in [-0.4, -0.2) is 44.9 Å². The summed E-state index contributed by atoms with van der Waals surface area (Å²) in [7, 11) is 0. The molecule has 1 aliphatic heterocycles. The number of ether oxygens (including phenoxy) is 2. The Kier molecular flexibility index (Phi) is 6.60. The molecule has 3 N–H and O–H groups in total. The highest BCUT2D eigenvalue weighted by Gasteiger charge is 2.19. The summed E-state index contributed by atoms with van der Waals surface area (Å²) in [5.74, 6) is 0.0780. The van der Waals surface area contributed by atoms with E-state index in [1.54, 1.807) is 0 Å². The molecule has 5 nitrogen and oxygen atoms in total. The Morgan fingerprint density at radius 2 is 2.17 bits per heavy atom. The average Bonchev–Trinajstić information content (AvgIpc) is 2.35. The number of hydrogen-bond donors (Lipinski definition) is 2. The summed E-state index contributed by atoms with van der Waals surface area (Å²) in [6, 6.07) is 0. The second kappa shape index (κ2) is 7.71. The lowest BCUT2D eigenvalue weighted by Gasteiger charge is -2.25. The molecule has 0 aromatic rings. The van der Waals surface area contributed by atoms with E-state index in [1.165, 1.54) is 0 Å². The number of nitrogens with one attached hydrogen (secondary N) is 1. The number of nitrogens with two attached hydrogens (primary N) is 1. The number of carbonyl (C=O) groups is 1. The Balaban J connectivity index is 2.13. The van der Waals surface area contributed by atoms with Crippen molar-refractivity contribution in [1.29, 1.82) is 0 Å². The number of rotatable bonds is 7. The second-order valence-corrected chi connectivity index (χ2v) is 5.57. The third-order valence-electron chi connectivity index (χ3n) is 3.26. The highest BCUT2D eigenvalue weighted by atomic mass is 16.6. The summed E-state index contributed by atoms with van der Waals surface area (Å²) in [6.07, 6.45) is 2.35. The SMILES string of the molecule is CC(C)(CCN)CCC(=O)NCC1COCCO1. The van der Waals surface area contributed by atoms with Crippen LogP contribution in [0.1, 0.15) is 33.1 Å². The van der Waals surface area contributed by atoms with Crippen molar-refractivity contribution in [1.82, 2.24) is 5.32 Å². The van der Waals surface area contributed by atoms with Gasteiger partial charge in [-0.15, -0.1) is 0 Å². The molecule has 1 aliphatic rings. The van der Waals surface area contributed by atoms with E-state index in [0.717, 1.165) is 12.8 Å². The highest BCUT2D eigenvalue weighted by molar-refractivity contribution is 5.75. The molecule has 1 saturated heterocycles. The minimum Gasteiger partial charge on any atom is -0.376 e. The van der Waals surface area contributed by atoms with Gasteiger partial charge in [-0.05, 0) is 24.8 Å². The van der Waals surface area contributed by atoms with Crippen molar-refractivity contribution >= 4 is 5.91 Å². The standard InChI is InChI=1S/C13H26N2O3/c1-13(2,5-6-14)4-3-12(16)15-9-11-10-17-7-8-18-11/h11H,3-10,14H2,1-2H3,(H,15,16). The molecule has 1 heterocycles. The molecule has 0 aromatic heterocycles. The largest absolute Gasteiger partial charge is 0.376 e. The fourth-order valence-corrected chi connectivity index (χ4v) is 1.94. The molecule has 1 rings (SSSR count). The van der Waals surface area contributed by atoms with Gasteiger partial charge in [-0.2, -0.15) is 0 Å². The molecule has 1 fully saturated rings. The van der Waals surface area contributed by atoms with Crippen LogP contribution < -0.4 is 11.1 Å². The van der Waals surface area contributed by atoms with Crippen molar-refractivity contribution in [3.05, 3.63) is 0 Å². The van der Waals surface area contributed by atoms with Gasteiger partial charge in [0.25, 0.3) is 0 Å². The Bertz CT molecular complexity index is 251. The van der Waals surface area contributed by atoms with Gasteiger partial charge in [0.2, 0.25) is 5.91 Å². The topological polar surface area (TPSA) is 73.6 Å². The minimum absolute atomic E-state index is 0.000230. The predicted octanol–water partition coefficient (Wildman–Crippen LogP) is 0.673. The van der Waals surface area contributed by atoms with E-state index in [2.05, 4.69) is 19.2 Å². The summed E-state index contributed by atoms with van der Waals surface area (Å²) in [6.45, 7) is 7.33. The third kappa shape index (κ3) is 6.33. The van der Waals surface area contributed by atoms with Gasteiger partial charge in [-0.3, -0.25) is 4.79 Å². The van der Waals surface area contributed by atoms with E-state index in [-0.39, 0.29) is 17.4 Å². The van der Waals surface area contributed by atoms with E-state index in [9.17, 15) is 4.79 Å². The molecular formula is C13H26N2O3. The van der Waals surface area contributed by atoms with Crippen molar-refractivity contribution in [3.8, 4) is 0 Å². The van der Waals surface area contributed by atoms with Crippen molar-refractivity contribution in [3.63, 3.8) is 0 Å². The molecule has 0 aliphatic carbocycles. The van der Waals surface area contributed by atoms with Crippen LogP contribution in [0.4, 0.5) is 0 Å². The molecule has 0 bridgehead atoms. The Hall–Kier alpha value is -0.650. The zero-order valence-corrected chi connectivity index (χ0v) is 11.5. The maximum absolute atomic E-state index is 11.7. The second-order valence-electron chi connectivity index (χ2n) is 5.57. The molecular weight excluding hydrogens is 232 g/mol. The molecule has 0 aromatic carbocycles. The Morgan fingerprint density at radius 3 is 2.78 bits per heavy atom. The van der Waals surface area contributed by atoms with Crippen molar-refractivity contribution < 1.29 is 14.3 Å². The fraction of sp³-hybridized carbons (Fsp3) is 0.923. The summed E-state index contributed by atoms with van der Waals surface area (Å²) < 4.78 is 10.7. The van der Waals surface area contributed by atoms with Crippen molar-refractivity contribution in [2.24, 2.45) is 11.1 Å². The van der Waals surface area contributed by atoms with Crippen LogP contribution in [0.5, 0.6) is 0 Å². The third-order valence-corrected chi connectivity index (χ3v) is 3.26. The zero-order chi connectivity index (χ0) is 13.4. The average molecular weight is 258 g/mol. The van der Waals surface area contributed by atoms with Crippen LogP contribution in [-0.2, 0) is 14.3 Å². The zero-order valence-electron chi connectivity index (χ0n) is 11.5. The van der Waals surface area contributed by atoms with E-state index in [1.807, 2.05) is 0 Å². The van der Waals surface area contributed by atoms with Crippen LogP contribution in [0.3, 0.4) is 0 Å². The van der Waals surface area contributed by atoms with E-state index >= 15 is 0 Å². The summed E-state index contributed by atoms with van der Waals surface area (Å²) in [4.78, 5) is 11.7. The van der Waals surface area contributed by atoms with Gasteiger partial charge in [-0.1, -0.05) is 13.8 Å². The number of amides is 1. The molecule has 1 atom stereocenters. The minimum atomic E-state index is -0.000230. The first-order valence-electron chi connectivity index (χ1n) is 6.69. The quantitative estimate of drug-likeness (QED) is 0.704. The maximum atomic E-state index is 11.7. The number of carbonyl (C=O) groups excluding carboxylic acids is 1. The lowest BCUT2D eigenvalue weighted by Crippen LogP contribution is -2.39. The predicted molar refractivity (Wildman–Crippen MR) is 70.3 cm³/mol. The van der Waals surface area contributed by atoms with Crippen LogP contribution in [0.15, 0.2) is 0 Å². The van der Waals surface area contributed by atoms with E-state index in [0.29, 0.717) is 39.3 Å². The van der Waals surface area contributed by atoms with Crippen LogP contribution in [0.2, 0.25) is 0 Å². The fourth-order valence-electron chi connectivity index (χ4n) is 1.94. The monoisotopic (exact) mass is 258 g/mol. The van der Waals surface area contributed by atoms with E-state index < -0.39 is 0 Å². The Labute approximate surface area is 109 Å². The van der Waals surface area contributed by atoms with Gasteiger partial charge in [0, 0.05) is 13.0 Å². The smallest absolute Gasteiger partial charge is 0.220 e. The lowest BCUT2D eigenvalue weighted by atomic mass is 9.84. The van der Waals surface area contributed by atoms with Crippen LogP contribution in [0.25, 0.3) is 0 Å². The molecule has 106 valence electrons. The first kappa shape index (κ1) is 15.4. The maximum Gasteiger partial charge on any atom is 0.220 e. The molecule has 0 spiro atoms. The van der Waals surface area contributed by atoms with Crippen LogP contribution >= 0.6 is 0 Å². The highest BCUT2D eigenvalue weighted by Crippen LogP contribution is 2.25. The molecule has 18 heavy (non-hydrogen) atoms. The van der Waals surface area contributed by atoms with Gasteiger partial charge in [-0.25, -0.2) is 0 Å². The Morgan fingerprint density at radius 1 is 1.39 bits per heavy atom. The van der Waals surface area contributed by atoms with Crippen LogP contribution in [0, 0.1) is 5.41 Å². The first-order valence-corrected chi connectivity index (χ1v) is 6.69. The molecule has 0 saturated carbocycles. The molecule has 1 amide bonds. The molecule has 5 heteroatoms. The normalized spacial score (nSPS) is 20.7. The molecule has 0 radical (unpaired) electrons. The van der Waals surface area contributed by atoms with Gasteiger partial charge in [0.15, 0.2) is 0 Å². The summed E-state index contributed by atoms with van der Waals surface area (Å²) in [5.41, 5.74) is 5.68. The lowest BCUT2D eigenvalue weighted by molar-refractivity contribution is -0.124. The summed E-state index contributed by atoms with van der Waals surface area (Å²) >= 11 is 0. The molecule has 1 unspecified atom stereocenters. The van der Waals surface area contributed by atoms with Crippen molar-refractivity contribution in [2.45, 2.75) is 39.2 Å². The van der Waals surface area contributed by atoms with Gasteiger partial charge < -0.3 is 20.5 Å². The first-order chi connectivity index (χ1) is 8.53. The van der Waals surface area contributed by atoms with E-state index in [4.69, 9.17) is 15.2 Å². The van der Waals surface area contributed by atoms with Gasteiger partial charge in [0.05, 0.1) is 25.9 Å².